The van der Waals surface area contributed by atoms with Gasteiger partial charge in [-0.3, -0.25) is 9.80 Å². The second-order valence-corrected chi connectivity index (χ2v) is 5.77. The number of carboxylic acids is 1. The number of aliphatic carboxylic acids is 1. The predicted octanol–water partition coefficient (Wildman–Crippen LogP) is 2.48. The highest BCUT2D eigenvalue weighted by Gasteiger charge is 2.49. The Kier molecular flexibility index (Phi) is 3.67. The van der Waals surface area contributed by atoms with Crippen molar-refractivity contribution in [1.82, 2.24) is 5.01 Å². The fourth-order valence-electron chi connectivity index (χ4n) is 2.94. The van der Waals surface area contributed by atoms with E-state index in [0.29, 0.717) is 18.1 Å². The van der Waals surface area contributed by atoms with Gasteiger partial charge in [0.05, 0.1) is 24.1 Å². The zero-order valence-corrected chi connectivity index (χ0v) is 13.4. The summed E-state index contributed by atoms with van der Waals surface area (Å²) in [7, 11) is 1.61. The SMILES string of the molecule is CCN1N=CC2(C)C1=NC(c1ccc(OC)cc1)=CC2C(=O)O. The summed E-state index contributed by atoms with van der Waals surface area (Å²) in [6, 6.07) is 7.43. The van der Waals surface area contributed by atoms with Gasteiger partial charge in [0.15, 0.2) is 0 Å². The molecule has 1 aromatic rings. The summed E-state index contributed by atoms with van der Waals surface area (Å²) >= 11 is 0. The molecule has 0 spiro atoms. The number of ether oxygens (including phenoxy) is 1. The van der Waals surface area contributed by atoms with E-state index in [-0.39, 0.29) is 0 Å². The molecule has 0 radical (unpaired) electrons. The molecular weight excluding hydrogens is 294 g/mol. The van der Waals surface area contributed by atoms with Gasteiger partial charge in [0.1, 0.15) is 11.6 Å². The lowest BCUT2D eigenvalue weighted by Crippen LogP contribution is -2.44. The van der Waals surface area contributed by atoms with E-state index in [0.717, 1.165) is 11.3 Å². The van der Waals surface area contributed by atoms with Crippen LogP contribution in [0, 0.1) is 11.3 Å². The number of nitrogens with zero attached hydrogens (tertiary/aromatic N) is 3. The molecule has 6 nitrogen and oxygen atoms in total. The Morgan fingerprint density at radius 1 is 1.39 bits per heavy atom. The van der Waals surface area contributed by atoms with E-state index in [4.69, 9.17) is 9.73 Å². The maximum Gasteiger partial charge on any atom is 0.311 e. The van der Waals surface area contributed by atoms with Crippen molar-refractivity contribution >= 4 is 23.7 Å². The van der Waals surface area contributed by atoms with Crippen LogP contribution in [0.4, 0.5) is 0 Å². The molecule has 0 amide bonds. The monoisotopic (exact) mass is 313 g/mol. The van der Waals surface area contributed by atoms with Gasteiger partial charge in [0.2, 0.25) is 0 Å². The number of aliphatic imine (C=N–C) groups is 1. The lowest BCUT2D eigenvalue weighted by Gasteiger charge is -2.33. The smallest absolute Gasteiger partial charge is 0.311 e. The molecule has 23 heavy (non-hydrogen) atoms. The fourth-order valence-corrected chi connectivity index (χ4v) is 2.94. The van der Waals surface area contributed by atoms with Gasteiger partial charge in [-0.1, -0.05) is 0 Å². The predicted molar refractivity (Wildman–Crippen MR) is 88.5 cm³/mol. The Bertz CT molecular complexity index is 721. The molecule has 0 fully saturated rings. The second kappa shape index (κ2) is 5.53. The van der Waals surface area contributed by atoms with E-state index in [2.05, 4.69) is 5.10 Å². The van der Waals surface area contributed by atoms with Gasteiger partial charge in [-0.2, -0.15) is 5.10 Å². The van der Waals surface area contributed by atoms with Gasteiger partial charge in [0.25, 0.3) is 0 Å². The van der Waals surface area contributed by atoms with Gasteiger partial charge in [-0.25, -0.2) is 4.99 Å². The van der Waals surface area contributed by atoms with E-state index in [9.17, 15) is 9.90 Å². The topological polar surface area (TPSA) is 74.5 Å². The number of hydrogen-bond donors (Lipinski definition) is 1. The van der Waals surface area contributed by atoms with Gasteiger partial charge in [0, 0.05) is 18.3 Å². The molecule has 0 bridgehead atoms. The largest absolute Gasteiger partial charge is 0.497 e. The van der Waals surface area contributed by atoms with Gasteiger partial charge < -0.3 is 9.84 Å². The van der Waals surface area contributed by atoms with Crippen LogP contribution in [0.1, 0.15) is 19.4 Å². The molecule has 2 aliphatic heterocycles. The summed E-state index contributed by atoms with van der Waals surface area (Å²) in [6.07, 6.45) is 3.40. The van der Waals surface area contributed by atoms with Gasteiger partial charge >= 0.3 is 5.97 Å². The van der Waals surface area contributed by atoms with Crippen molar-refractivity contribution in [2.45, 2.75) is 13.8 Å². The first-order chi connectivity index (χ1) is 11.0. The minimum absolute atomic E-state index is 0.646. The lowest BCUT2D eigenvalue weighted by molar-refractivity contribution is -0.141. The van der Waals surface area contributed by atoms with E-state index in [1.54, 1.807) is 24.4 Å². The Hall–Kier alpha value is -2.63. The summed E-state index contributed by atoms with van der Waals surface area (Å²) in [5.74, 6) is -0.153. The molecule has 0 aliphatic carbocycles. The van der Waals surface area contributed by atoms with E-state index >= 15 is 0 Å². The minimum Gasteiger partial charge on any atom is -0.497 e. The van der Waals surface area contributed by atoms with Crippen LogP contribution in [-0.4, -0.2) is 41.8 Å². The van der Waals surface area contributed by atoms with Crippen molar-refractivity contribution < 1.29 is 14.6 Å². The maximum absolute atomic E-state index is 11.8. The fraction of sp³-hybridized carbons (Fsp3) is 0.353. The number of carboxylic acid groups (broad SMARTS) is 1. The maximum atomic E-state index is 11.8. The highest BCUT2D eigenvalue weighted by atomic mass is 16.5. The number of carbonyl (C=O) groups is 1. The van der Waals surface area contributed by atoms with Crippen molar-refractivity contribution in [1.29, 1.82) is 0 Å². The molecule has 2 atom stereocenters. The molecule has 120 valence electrons. The van der Waals surface area contributed by atoms with E-state index in [1.165, 1.54) is 0 Å². The van der Waals surface area contributed by atoms with Crippen LogP contribution in [0.3, 0.4) is 0 Å². The number of methoxy groups -OCH3 is 1. The molecule has 6 heteroatoms. The van der Waals surface area contributed by atoms with E-state index in [1.807, 2.05) is 38.1 Å². The molecule has 1 N–H and O–H groups in total. The Morgan fingerprint density at radius 2 is 2.09 bits per heavy atom. The lowest BCUT2D eigenvalue weighted by atomic mass is 9.75. The first kappa shape index (κ1) is 15.3. The molecule has 1 aromatic carbocycles. The van der Waals surface area contributed by atoms with Crippen molar-refractivity contribution in [3.63, 3.8) is 0 Å². The molecular formula is C17H19N3O3. The summed E-state index contributed by atoms with van der Waals surface area (Å²) in [6.45, 7) is 4.48. The quantitative estimate of drug-likeness (QED) is 0.926. The zero-order valence-electron chi connectivity index (χ0n) is 13.4. The number of hydrazone groups is 1. The molecule has 0 saturated heterocycles. The summed E-state index contributed by atoms with van der Waals surface area (Å²) < 4.78 is 5.16. The van der Waals surface area contributed by atoms with Crippen molar-refractivity contribution in [3.8, 4) is 5.75 Å². The molecule has 2 heterocycles. The average Bonchev–Trinajstić information content (AvgIpc) is 2.90. The van der Waals surface area contributed by atoms with Crippen molar-refractivity contribution in [3.05, 3.63) is 35.9 Å². The molecule has 3 rings (SSSR count). The highest BCUT2D eigenvalue weighted by Crippen LogP contribution is 2.41. The molecule has 2 aliphatic rings. The third-order valence-corrected chi connectivity index (χ3v) is 4.34. The Labute approximate surface area is 134 Å². The van der Waals surface area contributed by atoms with Crippen LogP contribution in [0.5, 0.6) is 5.75 Å². The van der Waals surface area contributed by atoms with Crippen LogP contribution in [0.15, 0.2) is 40.4 Å². The standard InChI is InChI=1S/C17H19N3O3/c1-4-20-16-17(2,10-18-20)13(15(21)22)9-14(19-16)11-5-7-12(23-3)8-6-11/h5-10,13H,4H2,1-3H3,(H,21,22). The van der Waals surface area contributed by atoms with Crippen molar-refractivity contribution in [2.75, 3.05) is 13.7 Å². The Balaban J connectivity index is 2.06. The Morgan fingerprint density at radius 3 is 2.65 bits per heavy atom. The van der Waals surface area contributed by atoms with Gasteiger partial charge in [-0.15, -0.1) is 0 Å². The number of rotatable bonds is 4. The van der Waals surface area contributed by atoms with Crippen molar-refractivity contribution in [2.24, 2.45) is 21.4 Å². The molecule has 0 saturated carbocycles. The molecule has 0 aromatic heterocycles. The number of hydrogen-bond acceptors (Lipinski definition) is 5. The van der Waals surface area contributed by atoms with Crippen LogP contribution in [0.2, 0.25) is 0 Å². The normalized spacial score (nSPS) is 25.7. The molecule has 2 unspecified atom stereocenters. The average molecular weight is 313 g/mol. The number of amidine groups is 1. The number of benzene rings is 1. The first-order valence-electron chi connectivity index (χ1n) is 7.50. The first-order valence-corrected chi connectivity index (χ1v) is 7.50. The third kappa shape index (κ3) is 2.40. The minimum atomic E-state index is -0.879. The third-order valence-electron chi connectivity index (χ3n) is 4.34. The highest BCUT2D eigenvalue weighted by molar-refractivity contribution is 6.11. The number of fused-ring (bicyclic) bond motifs is 1. The van der Waals surface area contributed by atoms with Gasteiger partial charge in [-0.05, 0) is 44.2 Å². The van der Waals surface area contributed by atoms with Crippen LogP contribution in [-0.2, 0) is 4.79 Å². The van der Waals surface area contributed by atoms with Crippen LogP contribution in [0.25, 0.3) is 5.70 Å². The van der Waals surface area contributed by atoms with Crippen LogP contribution < -0.4 is 4.74 Å². The van der Waals surface area contributed by atoms with Crippen LogP contribution >= 0.6 is 0 Å². The van der Waals surface area contributed by atoms with E-state index < -0.39 is 17.3 Å². The summed E-state index contributed by atoms with van der Waals surface area (Å²) in [5, 5.41) is 15.7. The summed E-state index contributed by atoms with van der Waals surface area (Å²) in [4.78, 5) is 16.5. The summed E-state index contributed by atoms with van der Waals surface area (Å²) in [5.41, 5.74) is 0.795. The zero-order chi connectivity index (χ0) is 16.6. The second-order valence-electron chi connectivity index (χ2n) is 5.77.